The number of nitro groups is 1. The molecule has 3 rings (SSSR count). The van der Waals surface area contributed by atoms with Gasteiger partial charge in [0.05, 0.1) is 10.6 Å². The summed E-state index contributed by atoms with van der Waals surface area (Å²) in [6, 6.07) is 5.36. The number of hydrogen-bond donors (Lipinski definition) is 1. The molecule has 3 unspecified atom stereocenters. The van der Waals surface area contributed by atoms with Gasteiger partial charge in [-0.3, -0.25) is 10.1 Å². The van der Waals surface area contributed by atoms with E-state index in [4.69, 9.17) is 11.6 Å². The van der Waals surface area contributed by atoms with Crippen LogP contribution < -0.4 is 5.32 Å². The Balaban J connectivity index is 1.82. The molecule has 2 fully saturated rings. The summed E-state index contributed by atoms with van der Waals surface area (Å²) in [5, 5.41) is 14.4. The smallest absolute Gasteiger partial charge is 0.289 e. The Morgan fingerprint density at radius 1 is 1.41 bits per heavy atom. The molecule has 2 saturated carbocycles. The lowest BCUT2D eigenvalue weighted by atomic mass is 10.1. The first kappa shape index (κ1) is 10.8. The summed E-state index contributed by atoms with van der Waals surface area (Å²) < 4.78 is 0. The van der Waals surface area contributed by atoms with E-state index in [1.807, 2.05) is 6.07 Å². The molecule has 2 aliphatic rings. The van der Waals surface area contributed by atoms with Crippen LogP contribution in [0.5, 0.6) is 0 Å². The zero-order valence-electron chi connectivity index (χ0n) is 9.23. The van der Waals surface area contributed by atoms with Crippen LogP contribution in [0.2, 0.25) is 5.02 Å². The monoisotopic (exact) mass is 252 g/mol. The number of anilines is 1. The average molecular weight is 253 g/mol. The maximum Gasteiger partial charge on any atom is 0.289 e. The Labute approximate surface area is 104 Å². The molecule has 90 valence electrons. The molecule has 1 N–H and O–H groups in total. The predicted molar refractivity (Wildman–Crippen MR) is 66.3 cm³/mol. The van der Waals surface area contributed by atoms with Crippen molar-refractivity contribution in [2.45, 2.75) is 25.3 Å². The molecule has 0 aromatic heterocycles. The minimum atomic E-state index is -0.442. The third-order valence-corrected chi connectivity index (χ3v) is 4.26. The van der Waals surface area contributed by atoms with Crippen molar-refractivity contribution in [2.75, 3.05) is 5.32 Å². The van der Waals surface area contributed by atoms with E-state index in [9.17, 15) is 10.1 Å². The van der Waals surface area contributed by atoms with Crippen LogP contribution in [0.25, 0.3) is 0 Å². The van der Waals surface area contributed by atoms with Crippen LogP contribution in [0.1, 0.15) is 19.3 Å². The van der Waals surface area contributed by atoms with Gasteiger partial charge < -0.3 is 5.32 Å². The van der Waals surface area contributed by atoms with E-state index in [0.29, 0.717) is 11.7 Å². The maximum atomic E-state index is 10.8. The summed E-state index contributed by atoms with van der Waals surface area (Å²) >= 11 is 6.04. The Bertz CT molecular complexity index is 478. The van der Waals surface area contributed by atoms with Crippen molar-refractivity contribution in [1.82, 2.24) is 0 Å². The first-order valence-corrected chi connectivity index (χ1v) is 6.24. The zero-order chi connectivity index (χ0) is 12.0. The van der Waals surface area contributed by atoms with Crippen LogP contribution in [-0.2, 0) is 0 Å². The molecule has 4 nitrogen and oxygen atoms in total. The van der Waals surface area contributed by atoms with E-state index in [1.54, 1.807) is 6.07 Å². The second-order valence-electron chi connectivity index (χ2n) is 4.88. The number of nitrogens with zero attached hydrogens (tertiary/aromatic N) is 1. The first-order chi connectivity index (χ1) is 8.16. The van der Waals surface area contributed by atoms with Crippen LogP contribution in [0.15, 0.2) is 18.2 Å². The summed E-state index contributed by atoms with van der Waals surface area (Å²) in [4.78, 5) is 10.3. The molecule has 0 heterocycles. The number of nitro benzene ring substituents is 1. The number of rotatable bonds is 3. The SMILES string of the molecule is O=[N+]([O-])c1cccc(NC2CCC3CC32)c1Cl. The molecule has 2 aliphatic carbocycles. The Kier molecular flexibility index (Phi) is 2.47. The second-order valence-corrected chi connectivity index (χ2v) is 5.26. The molecular weight excluding hydrogens is 240 g/mol. The third kappa shape index (κ3) is 1.86. The quantitative estimate of drug-likeness (QED) is 0.662. The van der Waals surface area contributed by atoms with E-state index in [0.717, 1.165) is 18.3 Å². The summed E-state index contributed by atoms with van der Waals surface area (Å²) in [5.41, 5.74) is 0.667. The molecule has 1 aromatic carbocycles. The van der Waals surface area contributed by atoms with Crippen LogP contribution in [0, 0.1) is 22.0 Å². The second kappa shape index (κ2) is 3.88. The summed E-state index contributed by atoms with van der Waals surface area (Å²) in [5.74, 6) is 1.63. The molecule has 0 amide bonds. The van der Waals surface area contributed by atoms with E-state index in [-0.39, 0.29) is 10.7 Å². The van der Waals surface area contributed by atoms with Gasteiger partial charge in [0.1, 0.15) is 5.02 Å². The molecule has 0 spiro atoms. The Morgan fingerprint density at radius 2 is 2.24 bits per heavy atom. The molecule has 0 aliphatic heterocycles. The molecule has 3 atom stereocenters. The summed E-state index contributed by atoms with van der Waals surface area (Å²) in [6.45, 7) is 0. The van der Waals surface area contributed by atoms with Gasteiger partial charge in [0.2, 0.25) is 0 Å². The highest BCUT2D eigenvalue weighted by Gasteiger charge is 2.48. The largest absolute Gasteiger partial charge is 0.381 e. The molecule has 1 aromatic rings. The molecule has 0 bridgehead atoms. The van der Waals surface area contributed by atoms with Crippen LogP contribution in [-0.4, -0.2) is 11.0 Å². The molecule has 0 radical (unpaired) electrons. The van der Waals surface area contributed by atoms with Crippen molar-refractivity contribution in [2.24, 2.45) is 11.8 Å². The van der Waals surface area contributed by atoms with E-state index < -0.39 is 4.92 Å². The lowest BCUT2D eigenvalue weighted by Crippen LogP contribution is -2.19. The molecule has 0 saturated heterocycles. The first-order valence-electron chi connectivity index (χ1n) is 5.86. The van der Waals surface area contributed by atoms with Crippen LogP contribution in [0.4, 0.5) is 11.4 Å². The van der Waals surface area contributed by atoms with Gasteiger partial charge in [-0.15, -0.1) is 0 Å². The average Bonchev–Trinajstić information content (AvgIpc) is 2.98. The van der Waals surface area contributed by atoms with Crippen LogP contribution >= 0.6 is 11.6 Å². The van der Waals surface area contributed by atoms with Gasteiger partial charge in [0, 0.05) is 12.1 Å². The van der Waals surface area contributed by atoms with Gasteiger partial charge in [0.25, 0.3) is 5.69 Å². The van der Waals surface area contributed by atoms with Gasteiger partial charge in [-0.2, -0.15) is 0 Å². The lowest BCUT2D eigenvalue weighted by molar-refractivity contribution is -0.384. The highest BCUT2D eigenvalue weighted by Crippen LogP contribution is 2.53. The van der Waals surface area contributed by atoms with E-state index >= 15 is 0 Å². The van der Waals surface area contributed by atoms with Gasteiger partial charge >= 0.3 is 0 Å². The predicted octanol–water partition coefficient (Wildman–Crippen LogP) is 3.46. The maximum absolute atomic E-state index is 10.8. The topological polar surface area (TPSA) is 55.2 Å². The van der Waals surface area contributed by atoms with Gasteiger partial charge in [-0.1, -0.05) is 17.7 Å². The van der Waals surface area contributed by atoms with E-state index in [1.165, 1.54) is 18.9 Å². The fourth-order valence-corrected chi connectivity index (χ4v) is 3.10. The number of hydrogen-bond acceptors (Lipinski definition) is 3. The molecule has 17 heavy (non-hydrogen) atoms. The van der Waals surface area contributed by atoms with Crippen molar-refractivity contribution in [3.05, 3.63) is 33.3 Å². The Morgan fingerprint density at radius 3 is 2.82 bits per heavy atom. The van der Waals surface area contributed by atoms with Gasteiger partial charge in [0.15, 0.2) is 0 Å². The van der Waals surface area contributed by atoms with E-state index in [2.05, 4.69) is 5.32 Å². The normalized spacial score (nSPS) is 29.8. The molecular formula is C12H13ClN2O2. The van der Waals surface area contributed by atoms with Crippen molar-refractivity contribution < 1.29 is 4.92 Å². The van der Waals surface area contributed by atoms with Gasteiger partial charge in [-0.05, 0) is 37.2 Å². The van der Waals surface area contributed by atoms with Crippen molar-refractivity contribution in [3.8, 4) is 0 Å². The minimum Gasteiger partial charge on any atom is -0.381 e. The fraction of sp³-hybridized carbons (Fsp3) is 0.500. The summed E-state index contributed by atoms with van der Waals surface area (Å²) in [7, 11) is 0. The lowest BCUT2D eigenvalue weighted by Gasteiger charge is -2.16. The van der Waals surface area contributed by atoms with Crippen molar-refractivity contribution >= 4 is 23.0 Å². The summed E-state index contributed by atoms with van der Waals surface area (Å²) in [6.07, 6.45) is 3.72. The zero-order valence-corrected chi connectivity index (χ0v) is 9.98. The van der Waals surface area contributed by atoms with Crippen molar-refractivity contribution in [3.63, 3.8) is 0 Å². The Hall–Kier alpha value is -1.29. The third-order valence-electron chi connectivity index (χ3n) is 3.86. The standard InChI is InChI=1S/C12H13ClN2O2/c13-12-10(2-1-3-11(12)15(16)17)14-9-5-4-7-6-8(7)9/h1-3,7-9,14H,4-6H2. The number of fused-ring (bicyclic) bond motifs is 1. The molecule has 5 heteroatoms. The number of nitrogens with one attached hydrogen (secondary N) is 1. The minimum absolute atomic E-state index is 0.0259. The highest BCUT2D eigenvalue weighted by molar-refractivity contribution is 6.35. The fourth-order valence-electron chi connectivity index (χ4n) is 2.85. The highest BCUT2D eigenvalue weighted by atomic mass is 35.5. The van der Waals surface area contributed by atoms with Gasteiger partial charge in [-0.25, -0.2) is 0 Å². The number of halogens is 1. The number of benzene rings is 1. The van der Waals surface area contributed by atoms with Crippen LogP contribution in [0.3, 0.4) is 0 Å². The van der Waals surface area contributed by atoms with Crippen molar-refractivity contribution in [1.29, 1.82) is 0 Å².